The molecule has 2 aliphatic rings. The fourth-order valence-electron chi connectivity index (χ4n) is 3.28. The molecule has 7 nitrogen and oxygen atoms in total. The van der Waals surface area contributed by atoms with Gasteiger partial charge in [0, 0.05) is 64.2 Å². The SMILES string of the molecule is N#C/C(=C/N1CCN(C=O)CC1)C(=O)N1CCN(c2ccc(F)cc2)CC1. The second-order valence-electron chi connectivity index (χ2n) is 6.59. The first-order chi connectivity index (χ1) is 13.1. The molecule has 2 fully saturated rings. The minimum absolute atomic E-state index is 0.116. The molecule has 0 radical (unpaired) electrons. The van der Waals surface area contributed by atoms with Gasteiger partial charge < -0.3 is 19.6 Å². The Morgan fingerprint density at radius 1 is 0.963 bits per heavy atom. The number of piperazine rings is 2. The number of carbonyl (C=O) groups excluding carboxylic acids is 2. The van der Waals surface area contributed by atoms with E-state index in [1.54, 1.807) is 28.1 Å². The first kappa shape index (κ1) is 18.7. The Hall–Kier alpha value is -3.08. The number of hydrogen-bond donors (Lipinski definition) is 0. The van der Waals surface area contributed by atoms with Crippen molar-refractivity contribution in [2.45, 2.75) is 0 Å². The van der Waals surface area contributed by atoms with Crippen LogP contribution in [-0.4, -0.2) is 79.4 Å². The maximum absolute atomic E-state index is 13.1. The van der Waals surface area contributed by atoms with Gasteiger partial charge in [-0.3, -0.25) is 9.59 Å². The summed E-state index contributed by atoms with van der Waals surface area (Å²) in [5, 5.41) is 9.41. The van der Waals surface area contributed by atoms with E-state index in [0.29, 0.717) is 52.4 Å². The van der Waals surface area contributed by atoms with E-state index in [4.69, 9.17) is 0 Å². The number of nitriles is 1. The third-order valence-corrected chi connectivity index (χ3v) is 4.92. The minimum Gasteiger partial charge on any atom is -0.373 e. The van der Waals surface area contributed by atoms with Gasteiger partial charge >= 0.3 is 0 Å². The molecule has 8 heteroatoms. The maximum atomic E-state index is 13.1. The topological polar surface area (TPSA) is 70.9 Å². The Morgan fingerprint density at radius 3 is 2.11 bits per heavy atom. The lowest BCUT2D eigenvalue weighted by molar-refractivity contribution is -0.127. The molecule has 0 unspecified atom stereocenters. The predicted octanol–water partition coefficient (Wildman–Crippen LogP) is 0.656. The van der Waals surface area contributed by atoms with Crippen LogP contribution in [0.5, 0.6) is 0 Å². The molecule has 0 atom stereocenters. The highest BCUT2D eigenvalue weighted by Crippen LogP contribution is 2.18. The molecule has 2 amide bonds. The van der Waals surface area contributed by atoms with E-state index in [0.717, 1.165) is 12.1 Å². The number of nitrogens with zero attached hydrogens (tertiary/aromatic N) is 5. The first-order valence-corrected chi connectivity index (χ1v) is 8.96. The Morgan fingerprint density at radius 2 is 1.56 bits per heavy atom. The smallest absolute Gasteiger partial charge is 0.266 e. The van der Waals surface area contributed by atoms with Crippen molar-refractivity contribution in [2.24, 2.45) is 0 Å². The molecule has 0 bridgehead atoms. The van der Waals surface area contributed by atoms with Crippen molar-refractivity contribution in [1.82, 2.24) is 14.7 Å². The average molecular weight is 371 g/mol. The number of halogens is 1. The lowest BCUT2D eigenvalue weighted by atomic mass is 10.2. The second kappa shape index (κ2) is 8.54. The van der Waals surface area contributed by atoms with E-state index in [9.17, 15) is 19.2 Å². The molecular weight excluding hydrogens is 349 g/mol. The van der Waals surface area contributed by atoms with E-state index in [1.807, 2.05) is 11.0 Å². The minimum atomic E-state index is -0.273. The summed E-state index contributed by atoms with van der Waals surface area (Å²) in [7, 11) is 0. The third-order valence-electron chi connectivity index (χ3n) is 4.92. The molecule has 0 N–H and O–H groups in total. The van der Waals surface area contributed by atoms with Gasteiger partial charge in [0.05, 0.1) is 0 Å². The summed E-state index contributed by atoms with van der Waals surface area (Å²) in [5.74, 6) is -0.542. The van der Waals surface area contributed by atoms with Crippen LogP contribution in [0.2, 0.25) is 0 Å². The van der Waals surface area contributed by atoms with Crippen molar-refractivity contribution >= 4 is 18.0 Å². The van der Waals surface area contributed by atoms with Gasteiger partial charge in [0.25, 0.3) is 5.91 Å². The van der Waals surface area contributed by atoms with Crippen molar-refractivity contribution in [3.63, 3.8) is 0 Å². The van der Waals surface area contributed by atoms with Crippen molar-refractivity contribution < 1.29 is 14.0 Å². The maximum Gasteiger partial charge on any atom is 0.266 e. The average Bonchev–Trinajstić information content (AvgIpc) is 2.72. The van der Waals surface area contributed by atoms with Gasteiger partial charge in [-0.15, -0.1) is 0 Å². The number of hydrogen-bond acceptors (Lipinski definition) is 5. The van der Waals surface area contributed by atoms with Crippen LogP contribution in [0, 0.1) is 17.1 Å². The third kappa shape index (κ3) is 4.56. The molecule has 0 saturated carbocycles. The largest absolute Gasteiger partial charge is 0.373 e. The van der Waals surface area contributed by atoms with Crippen LogP contribution in [-0.2, 0) is 9.59 Å². The molecule has 1 aromatic rings. The molecular formula is C19H22FN5O2. The normalized spacial score (nSPS) is 18.3. The number of benzene rings is 1. The van der Waals surface area contributed by atoms with Gasteiger partial charge in [0.2, 0.25) is 6.41 Å². The number of anilines is 1. The van der Waals surface area contributed by atoms with Crippen LogP contribution in [0.1, 0.15) is 0 Å². The molecule has 2 saturated heterocycles. The zero-order valence-corrected chi connectivity index (χ0v) is 15.1. The molecule has 2 heterocycles. The lowest BCUT2D eigenvalue weighted by Crippen LogP contribution is -2.49. The van der Waals surface area contributed by atoms with Crippen LogP contribution < -0.4 is 4.90 Å². The van der Waals surface area contributed by atoms with Gasteiger partial charge in [0.15, 0.2) is 0 Å². The van der Waals surface area contributed by atoms with Crippen LogP contribution >= 0.6 is 0 Å². The summed E-state index contributed by atoms with van der Waals surface area (Å²) < 4.78 is 13.1. The monoisotopic (exact) mass is 371 g/mol. The fourth-order valence-corrected chi connectivity index (χ4v) is 3.28. The van der Waals surface area contributed by atoms with E-state index in [-0.39, 0.29) is 17.3 Å². The Balaban J connectivity index is 1.57. The number of amides is 2. The standard InChI is InChI=1S/C19H22FN5O2/c20-17-1-3-18(4-2-17)24-9-11-25(12-10-24)19(27)16(13-21)14-22-5-7-23(15-26)8-6-22/h1-4,14-15H,5-12H2/b16-14-. The summed E-state index contributed by atoms with van der Waals surface area (Å²) in [6.45, 7) is 4.67. The van der Waals surface area contributed by atoms with Crippen LogP contribution in [0.4, 0.5) is 10.1 Å². The molecule has 2 aliphatic heterocycles. The van der Waals surface area contributed by atoms with Crippen molar-refractivity contribution in [2.75, 3.05) is 57.3 Å². The van der Waals surface area contributed by atoms with E-state index in [1.165, 1.54) is 12.1 Å². The number of rotatable bonds is 4. The molecule has 0 aliphatic carbocycles. The van der Waals surface area contributed by atoms with Gasteiger partial charge in [-0.05, 0) is 24.3 Å². The highest BCUT2D eigenvalue weighted by Gasteiger charge is 2.25. The molecule has 142 valence electrons. The van der Waals surface area contributed by atoms with E-state index >= 15 is 0 Å². The predicted molar refractivity (Wildman–Crippen MR) is 98.1 cm³/mol. The quantitative estimate of drug-likeness (QED) is 0.442. The summed E-state index contributed by atoms with van der Waals surface area (Å²) in [5.41, 5.74) is 1.04. The van der Waals surface area contributed by atoms with Gasteiger partial charge in [-0.2, -0.15) is 5.26 Å². The van der Waals surface area contributed by atoms with E-state index < -0.39 is 0 Å². The molecule has 27 heavy (non-hydrogen) atoms. The van der Waals surface area contributed by atoms with Crippen molar-refractivity contribution in [3.8, 4) is 6.07 Å². The zero-order valence-electron chi connectivity index (χ0n) is 15.1. The second-order valence-corrected chi connectivity index (χ2v) is 6.59. The Bertz CT molecular complexity index is 742. The van der Waals surface area contributed by atoms with Gasteiger partial charge in [-0.25, -0.2) is 4.39 Å². The zero-order chi connectivity index (χ0) is 19.2. The first-order valence-electron chi connectivity index (χ1n) is 8.96. The van der Waals surface area contributed by atoms with E-state index in [2.05, 4.69) is 4.90 Å². The molecule has 0 spiro atoms. The Labute approximate surface area is 157 Å². The summed E-state index contributed by atoms with van der Waals surface area (Å²) in [6.07, 6.45) is 2.43. The van der Waals surface area contributed by atoms with Crippen LogP contribution in [0.15, 0.2) is 36.0 Å². The van der Waals surface area contributed by atoms with Crippen LogP contribution in [0.3, 0.4) is 0 Å². The summed E-state index contributed by atoms with van der Waals surface area (Å²) in [6, 6.07) is 8.32. The highest BCUT2D eigenvalue weighted by atomic mass is 19.1. The fraction of sp³-hybridized carbons (Fsp3) is 0.421. The number of carbonyl (C=O) groups is 2. The summed E-state index contributed by atoms with van der Waals surface area (Å²) in [4.78, 5) is 30.8. The van der Waals surface area contributed by atoms with Gasteiger partial charge in [-0.1, -0.05) is 0 Å². The summed E-state index contributed by atoms with van der Waals surface area (Å²) >= 11 is 0. The molecule has 0 aromatic heterocycles. The Kier molecular flexibility index (Phi) is 5.91. The molecule has 1 aromatic carbocycles. The van der Waals surface area contributed by atoms with Gasteiger partial charge in [0.1, 0.15) is 17.5 Å². The van der Waals surface area contributed by atoms with Crippen LogP contribution in [0.25, 0.3) is 0 Å². The lowest BCUT2D eigenvalue weighted by Gasteiger charge is -2.36. The van der Waals surface area contributed by atoms with Crippen molar-refractivity contribution in [3.05, 3.63) is 41.9 Å². The highest BCUT2D eigenvalue weighted by molar-refractivity contribution is 5.97. The molecule has 3 rings (SSSR count). The van der Waals surface area contributed by atoms with Crippen molar-refractivity contribution in [1.29, 1.82) is 5.26 Å².